The van der Waals surface area contributed by atoms with Crippen molar-refractivity contribution in [1.29, 1.82) is 0 Å². The zero-order valence-corrected chi connectivity index (χ0v) is 12.9. The molecule has 1 aliphatic rings. The Bertz CT molecular complexity index is 462. The highest BCUT2D eigenvalue weighted by atomic mass is 16.1. The summed E-state index contributed by atoms with van der Waals surface area (Å²) in [4.78, 5) is 14.2. The summed E-state index contributed by atoms with van der Waals surface area (Å²) in [6.45, 7) is 7.97. The average Bonchev–Trinajstić information content (AvgIpc) is 2.49. The largest absolute Gasteiger partial charge is 0.355 e. The first kappa shape index (κ1) is 15.0. The second-order valence-corrected chi connectivity index (χ2v) is 6.22. The van der Waals surface area contributed by atoms with Crippen molar-refractivity contribution in [2.75, 3.05) is 20.1 Å². The Morgan fingerprint density at radius 3 is 2.65 bits per heavy atom. The molecule has 0 unspecified atom stereocenters. The molecule has 1 heterocycles. The molecule has 1 aromatic rings. The van der Waals surface area contributed by atoms with Gasteiger partial charge < -0.3 is 5.32 Å². The third-order valence-corrected chi connectivity index (χ3v) is 4.74. The topological polar surface area (TPSA) is 32.3 Å². The Labute approximate surface area is 122 Å². The third kappa shape index (κ3) is 3.60. The number of nitrogens with zero attached hydrogens (tertiary/aromatic N) is 1. The summed E-state index contributed by atoms with van der Waals surface area (Å²) in [5.74, 6) is -0.0101. The van der Waals surface area contributed by atoms with Gasteiger partial charge >= 0.3 is 0 Å². The van der Waals surface area contributed by atoms with Crippen LogP contribution in [0.3, 0.4) is 0 Å². The number of rotatable bonds is 4. The molecule has 3 heteroatoms. The van der Waals surface area contributed by atoms with Crippen LogP contribution in [0, 0.1) is 5.41 Å². The van der Waals surface area contributed by atoms with Crippen molar-refractivity contribution in [1.82, 2.24) is 10.2 Å². The van der Waals surface area contributed by atoms with Crippen molar-refractivity contribution in [3.05, 3.63) is 35.4 Å². The first-order chi connectivity index (χ1) is 9.56. The lowest BCUT2D eigenvalue weighted by Gasteiger charge is -2.39. The van der Waals surface area contributed by atoms with Crippen molar-refractivity contribution >= 4 is 5.91 Å². The lowest BCUT2D eigenvalue weighted by Crippen LogP contribution is -2.37. The minimum absolute atomic E-state index is 0.0101. The molecule has 0 spiro atoms. The van der Waals surface area contributed by atoms with E-state index in [4.69, 9.17) is 0 Å². The molecule has 1 aromatic carbocycles. The van der Waals surface area contributed by atoms with Crippen LogP contribution >= 0.6 is 0 Å². The fourth-order valence-corrected chi connectivity index (χ4v) is 2.82. The van der Waals surface area contributed by atoms with Crippen molar-refractivity contribution in [3.63, 3.8) is 0 Å². The molecule has 1 fully saturated rings. The van der Waals surface area contributed by atoms with Gasteiger partial charge in [-0.05, 0) is 49.0 Å². The van der Waals surface area contributed by atoms with Gasteiger partial charge in [0, 0.05) is 19.2 Å². The number of carbonyl (C=O) groups is 1. The molecule has 0 bridgehead atoms. The van der Waals surface area contributed by atoms with Gasteiger partial charge in [0.25, 0.3) is 5.91 Å². The minimum atomic E-state index is -0.0101. The maximum Gasteiger partial charge on any atom is 0.251 e. The highest BCUT2D eigenvalue weighted by Crippen LogP contribution is 2.34. The van der Waals surface area contributed by atoms with E-state index in [0.717, 1.165) is 25.2 Å². The Kier molecular flexibility index (Phi) is 4.81. The van der Waals surface area contributed by atoms with E-state index in [0.29, 0.717) is 5.41 Å². The molecule has 0 atom stereocenters. The maximum absolute atomic E-state index is 11.7. The van der Waals surface area contributed by atoms with Crippen LogP contribution in [0.5, 0.6) is 0 Å². The summed E-state index contributed by atoms with van der Waals surface area (Å²) in [6, 6.07) is 7.96. The van der Waals surface area contributed by atoms with E-state index in [2.05, 4.69) is 30.1 Å². The fraction of sp³-hybridized carbons (Fsp3) is 0.588. The second kappa shape index (κ2) is 6.40. The van der Waals surface area contributed by atoms with Crippen molar-refractivity contribution < 1.29 is 4.79 Å². The number of hydrogen-bond donors (Lipinski definition) is 1. The molecule has 0 aromatic heterocycles. The highest BCUT2D eigenvalue weighted by molar-refractivity contribution is 5.94. The van der Waals surface area contributed by atoms with Gasteiger partial charge in [0.15, 0.2) is 0 Å². The molecule has 1 aliphatic heterocycles. The monoisotopic (exact) mass is 274 g/mol. The molecule has 0 saturated carbocycles. The smallest absolute Gasteiger partial charge is 0.251 e. The van der Waals surface area contributed by atoms with E-state index < -0.39 is 0 Å². The Balaban J connectivity index is 1.96. The SMILES string of the molecule is CCC1(C)CCN(Cc2cccc(C(=O)NC)c2)CC1. The molecule has 20 heavy (non-hydrogen) atoms. The first-order valence-electron chi connectivity index (χ1n) is 7.60. The van der Waals surface area contributed by atoms with E-state index in [1.807, 2.05) is 18.2 Å². The van der Waals surface area contributed by atoms with Gasteiger partial charge in [0.2, 0.25) is 0 Å². The lowest BCUT2D eigenvalue weighted by atomic mass is 9.78. The van der Waals surface area contributed by atoms with Crippen molar-refractivity contribution in [3.8, 4) is 0 Å². The van der Waals surface area contributed by atoms with E-state index in [-0.39, 0.29) is 5.91 Å². The van der Waals surface area contributed by atoms with Crippen LogP contribution < -0.4 is 5.32 Å². The molecule has 0 radical (unpaired) electrons. The van der Waals surface area contributed by atoms with Gasteiger partial charge in [-0.25, -0.2) is 0 Å². The first-order valence-corrected chi connectivity index (χ1v) is 7.60. The molecule has 0 aliphatic carbocycles. The third-order valence-electron chi connectivity index (χ3n) is 4.74. The second-order valence-electron chi connectivity index (χ2n) is 6.22. The predicted molar refractivity (Wildman–Crippen MR) is 82.7 cm³/mol. The number of piperidine rings is 1. The maximum atomic E-state index is 11.7. The number of benzene rings is 1. The van der Waals surface area contributed by atoms with Crippen LogP contribution in [-0.4, -0.2) is 30.9 Å². The van der Waals surface area contributed by atoms with E-state index in [1.54, 1.807) is 7.05 Å². The van der Waals surface area contributed by atoms with Gasteiger partial charge in [-0.3, -0.25) is 9.69 Å². The van der Waals surface area contributed by atoms with Crippen LogP contribution in [0.4, 0.5) is 0 Å². The molecule has 110 valence electrons. The van der Waals surface area contributed by atoms with Crippen LogP contribution in [0.25, 0.3) is 0 Å². The number of amides is 1. The van der Waals surface area contributed by atoms with Gasteiger partial charge in [0.1, 0.15) is 0 Å². The summed E-state index contributed by atoms with van der Waals surface area (Å²) in [5.41, 5.74) is 2.51. The lowest BCUT2D eigenvalue weighted by molar-refractivity contribution is 0.0962. The Morgan fingerprint density at radius 2 is 2.05 bits per heavy atom. The standard InChI is InChI=1S/C17H26N2O/c1-4-17(2)8-10-19(11-9-17)13-14-6-5-7-15(12-14)16(20)18-3/h5-7,12H,4,8-11,13H2,1-3H3,(H,18,20). The zero-order chi connectivity index (χ0) is 14.6. The Morgan fingerprint density at radius 1 is 1.35 bits per heavy atom. The summed E-state index contributed by atoms with van der Waals surface area (Å²) < 4.78 is 0. The molecule has 3 nitrogen and oxygen atoms in total. The average molecular weight is 274 g/mol. The summed E-state index contributed by atoms with van der Waals surface area (Å²) in [6.07, 6.45) is 3.82. The van der Waals surface area contributed by atoms with Crippen LogP contribution in [-0.2, 0) is 6.54 Å². The number of likely N-dealkylation sites (tertiary alicyclic amines) is 1. The molecule has 1 saturated heterocycles. The van der Waals surface area contributed by atoms with Crippen LogP contribution in [0.1, 0.15) is 49.0 Å². The highest BCUT2D eigenvalue weighted by Gasteiger charge is 2.28. The van der Waals surface area contributed by atoms with Crippen molar-refractivity contribution in [2.24, 2.45) is 5.41 Å². The van der Waals surface area contributed by atoms with Crippen molar-refractivity contribution in [2.45, 2.75) is 39.7 Å². The molecule has 1 amide bonds. The van der Waals surface area contributed by atoms with Gasteiger partial charge in [0.05, 0.1) is 0 Å². The number of carbonyl (C=O) groups excluding carboxylic acids is 1. The normalized spacial score (nSPS) is 18.8. The molecular formula is C17H26N2O. The minimum Gasteiger partial charge on any atom is -0.355 e. The quantitative estimate of drug-likeness (QED) is 0.915. The summed E-state index contributed by atoms with van der Waals surface area (Å²) in [5, 5.41) is 2.68. The summed E-state index contributed by atoms with van der Waals surface area (Å²) >= 11 is 0. The molecule has 2 rings (SSSR count). The zero-order valence-electron chi connectivity index (χ0n) is 12.9. The number of hydrogen-bond acceptors (Lipinski definition) is 2. The predicted octanol–water partition coefficient (Wildman–Crippen LogP) is 3.06. The number of nitrogens with one attached hydrogen (secondary N) is 1. The van der Waals surface area contributed by atoms with Gasteiger partial charge in [-0.2, -0.15) is 0 Å². The summed E-state index contributed by atoms with van der Waals surface area (Å²) in [7, 11) is 1.67. The van der Waals surface area contributed by atoms with Crippen LogP contribution in [0.2, 0.25) is 0 Å². The Hall–Kier alpha value is -1.35. The van der Waals surface area contributed by atoms with E-state index in [9.17, 15) is 4.79 Å². The van der Waals surface area contributed by atoms with E-state index in [1.165, 1.54) is 24.8 Å². The van der Waals surface area contributed by atoms with Crippen LogP contribution in [0.15, 0.2) is 24.3 Å². The molecule has 1 N–H and O–H groups in total. The fourth-order valence-electron chi connectivity index (χ4n) is 2.82. The van der Waals surface area contributed by atoms with Gasteiger partial charge in [-0.15, -0.1) is 0 Å². The van der Waals surface area contributed by atoms with Gasteiger partial charge in [-0.1, -0.05) is 32.4 Å². The molecular weight excluding hydrogens is 248 g/mol. The van der Waals surface area contributed by atoms with E-state index >= 15 is 0 Å².